The van der Waals surface area contributed by atoms with Crippen LogP contribution in [0, 0.1) is 20.8 Å². The van der Waals surface area contributed by atoms with E-state index in [1.165, 1.54) is 0 Å². The van der Waals surface area contributed by atoms with Gasteiger partial charge in [0.2, 0.25) is 0 Å². The summed E-state index contributed by atoms with van der Waals surface area (Å²) in [6.07, 6.45) is 5.91. The standard InChI is InChI=1S/C43H41ClN2O5/c1-27-10-14-37(46-17-16-45-26-46)21-35(27)23-39(51-42(47)30(4)31-11-12-33-22-38(49-5)15-13-32(33)20-31)24-40-28(2)18-36(19-29(40)3)43(48)50-25-34-8-6-7-9-41(34)44/h6-22,26,30,39H,23-25H2,1-5H3. The van der Waals surface area contributed by atoms with Gasteiger partial charge in [-0.1, -0.05) is 60.1 Å². The Bertz CT molecular complexity index is 2170. The predicted octanol–water partition coefficient (Wildman–Crippen LogP) is 9.47. The lowest BCUT2D eigenvalue weighted by molar-refractivity contribution is -0.150. The molecule has 5 aromatic carbocycles. The predicted molar refractivity (Wildman–Crippen MR) is 201 cm³/mol. The maximum absolute atomic E-state index is 13.9. The van der Waals surface area contributed by atoms with Gasteiger partial charge >= 0.3 is 11.9 Å². The number of rotatable bonds is 12. The summed E-state index contributed by atoms with van der Waals surface area (Å²) in [5, 5.41) is 2.61. The van der Waals surface area contributed by atoms with Crippen molar-refractivity contribution in [3.05, 3.63) is 159 Å². The fourth-order valence-corrected chi connectivity index (χ4v) is 6.59. The van der Waals surface area contributed by atoms with Gasteiger partial charge in [0.1, 0.15) is 18.5 Å². The van der Waals surface area contributed by atoms with Crippen LogP contribution in [0.25, 0.3) is 16.5 Å². The lowest BCUT2D eigenvalue weighted by Crippen LogP contribution is -2.27. The van der Waals surface area contributed by atoms with Gasteiger partial charge in [-0.3, -0.25) is 4.79 Å². The topological polar surface area (TPSA) is 79.7 Å². The summed E-state index contributed by atoms with van der Waals surface area (Å²) < 4.78 is 19.4. The molecule has 6 aromatic rings. The van der Waals surface area contributed by atoms with E-state index in [1.807, 2.05) is 98.3 Å². The molecular weight excluding hydrogens is 660 g/mol. The number of halogens is 1. The molecule has 1 aromatic heterocycles. The average Bonchev–Trinajstić information content (AvgIpc) is 3.68. The Hall–Kier alpha value is -5.40. The third-order valence-corrected chi connectivity index (χ3v) is 9.84. The van der Waals surface area contributed by atoms with Gasteiger partial charge in [-0.25, -0.2) is 9.78 Å². The zero-order valence-electron chi connectivity index (χ0n) is 29.5. The van der Waals surface area contributed by atoms with Crippen LogP contribution in [0.1, 0.15) is 62.1 Å². The van der Waals surface area contributed by atoms with Crippen LogP contribution in [0.15, 0.2) is 110 Å². The molecule has 2 atom stereocenters. The van der Waals surface area contributed by atoms with Crippen LogP contribution < -0.4 is 4.74 Å². The molecule has 0 radical (unpaired) electrons. The maximum atomic E-state index is 13.9. The normalized spacial score (nSPS) is 12.4. The summed E-state index contributed by atoms with van der Waals surface area (Å²) in [6, 6.07) is 29.1. The molecule has 0 spiro atoms. The number of hydrogen-bond acceptors (Lipinski definition) is 6. The third-order valence-electron chi connectivity index (χ3n) is 9.47. The number of carbonyl (C=O) groups excluding carboxylic acids is 2. The van der Waals surface area contributed by atoms with E-state index in [0.29, 0.717) is 23.4 Å². The number of aromatic nitrogens is 2. The van der Waals surface area contributed by atoms with Gasteiger partial charge in [-0.15, -0.1) is 0 Å². The molecule has 0 N–H and O–H groups in total. The minimum atomic E-state index is -0.491. The van der Waals surface area contributed by atoms with Gasteiger partial charge in [-0.05, 0) is 114 Å². The monoisotopic (exact) mass is 700 g/mol. The first kappa shape index (κ1) is 35.4. The summed E-state index contributed by atoms with van der Waals surface area (Å²) in [6.45, 7) is 7.98. The Morgan fingerprint density at radius 1 is 0.824 bits per heavy atom. The first-order valence-corrected chi connectivity index (χ1v) is 17.3. The molecule has 0 fully saturated rings. The van der Waals surface area contributed by atoms with Crippen LogP contribution in [0.2, 0.25) is 5.02 Å². The molecule has 2 unspecified atom stereocenters. The molecule has 0 aliphatic carbocycles. The maximum Gasteiger partial charge on any atom is 0.338 e. The van der Waals surface area contributed by atoms with E-state index in [9.17, 15) is 9.59 Å². The van der Waals surface area contributed by atoms with Crippen molar-refractivity contribution < 1.29 is 23.8 Å². The van der Waals surface area contributed by atoms with Crippen LogP contribution >= 0.6 is 11.6 Å². The van der Waals surface area contributed by atoms with Crippen molar-refractivity contribution in [3.63, 3.8) is 0 Å². The highest BCUT2D eigenvalue weighted by atomic mass is 35.5. The molecule has 0 aliphatic rings. The van der Waals surface area contributed by atoms with Crippen molar-refractivity contribution >= 4 is 34.3 Å². The number of hydrogen-bond donors (Lipinski definition) is 0. The Balaban J connectivity index is 1.26. The number of carbonyl (C=O) groups is 2. The van der Waals surface area contributed by atoms with Gasteiger partial charge in [0.05, 0.1) is 24.9 Å². The van der Waals surface area contributed by atoms with Crippen molar-refractivity contribution in [2.45, 2.75) is 59.2 Å². The number of methoxy groups -OCH3 is 1. The molecule has 0 aliphatic heterocycles. The van der Waals surface area contributed by atoms with Crippen molar-refractivity contribution in [3.8, 4) is 11.4 Å². The van der Waals surface area contributed by atoms with E-state index in [4.69, 9.17) is 25.8 Å². The number of esters is 2. The van der Waals surface area contributed by atoms with E-state index in [1.54, 1.807) is 25.7 Å². The van der Waals surface area contributed by atoms with Gasteiger partial charge in [-0.2, -0.15) is 0 Å². The molecule has 8 heteroatoms. The first-order valence-electron chi connectivity index (χ1n) is 17.0. The van der Waals surface area contributed by atoms with Gasteiger partial charge in [0.25, 0.3) is 0 Å². The highest BCUT2D eigenvalue weighted by Gasteiger charge is 2.25. The number of nitrogens with zero attached hydrogens (tertiary/aromatic N) is 2. The summed E-state index contributed by atoms with van der Waals surface area (Å²) in [5.41, 5.74) is 8.09. The molecule has 7 nitrogen and oxygen atoms in total. The van der Waals surface area contributed by atoms with Crippen molar-refractivity contribution in [1.29, 1.82) is 0 Å². The first-order chi connectivity index (χ1) is 24.6. The fraction of sp³-hybridized carbons (Fsp3) is 0.233. The van der Waals surface area contributed by atoms with Crippen LogP contribution in [0.3, 0.4) is 0 Å². The third kappa shape index (κ3) is 8.33. The quantitative estimate of drug-likeness (QED) is 0.118. The van der Waals surface area contributed by atoms with E-state index in [0.717, 1.165) is 61.2 Å². The minimum absolute atomic E-state index is 0.0808. The second-order valence-electron chi connectivity index (χ2n) is 13.0. The zero-order chi connectivity index (χ0) is 36.1. The molecule has 0 amide bonds. The lowest BCUT2D eigenvalue weighted by atomic mass is 9.91. The summed E-state index contributed by atoms with van der Waals surface area (Å²) in [4.78, 5) is 31.2. The van der Waals surface area contributed by atoms with Gasteiger partial charge in [0.15, 0.2) is 0 Å². The minimum Gasteiger partial charge on any atom is -0.497 e. The molecule has 0 saturated heterocycles. The van der Waals surface area contributed by atoms with Crippen LogP contribution in [-0.2, 0) is 33.7 Å². The Labute approximate surface area is 303 Å². The molecule has 51 heavy (non-hydrogen) atoms. The van der Waals surface area contributed by atoms with Crippen molar-refractivity contribution in [2.24, 2.45) is 0 Å². The SMILES string of the molecule is COc1ccc2cc(C(C)C(=O)OC(Cc3cc(-n4ccnc4)ccc3C)Cc3c(C)cc(C(=O)OCc4ccccc4Cl)cc3C)ccc2c1. The van der Waals surface area contributed by atoms with Crippen molar-refractivity contribution in [2.75, 3.05) is 7.11 Å². The Kier molecular flexibility index (Phi) is 10.9. The van der Waals surface area contributed by atoms with Crippen LogP contribution in [0.5, 0.6) is 5.75 Å². The number of fused-ring (bicyclic) bond motifs is 1. The fourth-order valence-electron chi connectivity index (χ4n) is 6.40. The average molecular weight is 701 g/mol. The second kappa shape index (κ2) is 15.7. The zero-order valence-corrected chi connectivity index (χ0v) is 30.2. The highest BCUT2D eigenvalue weighted by Crippen LogP contribution is 2.29. The van der Waals surface area contributed by atoms with E-state index in [2.05, 4.69) is 30.1 Å². The molecule has 0 saturated carbocycles. The van der Waals surface area contributed by atoms with Crippen molar-refractivity contribution in [1.82, 2.24) is 9.55 Å². The Morgan fingerprint density at radius 2 is 1.57 bits per heavy atom. The molecule has 0 bridgehead atoms. The number of imidazole rings is 1. The molecule has 1 heterocycles. The summed E-state index contributed by atoms with van der Waals surface area (Å²) in [5.74, 6) is -0.433. The highest BCUT2D eigenvalue weighted by molar-refractivity contribution is 6.31. The van der Waals surface area contributed by atoms with Gasteiger partial charge < -0.3 is 18.8 Å². The number of benzene rings is 5. The van der Waals surface area contributed by atoms with E-state index >= 15 is 0 Å². The number of aryl methyl sites for hydroxylation is 3. The molecular formula is C43H41ClN2O5. The van der Waals surface area contributed by atoms with E-state index < -0.39 is 18.0 Å². The summed E-state index contributed by atoms with van der Waals surface area (Å²) >= 11 is 6.26. The Morgan fingerprint density at radius 3 is 2.29 bits per heavy atom. The largest absolute Gasteiger partial charge is 0.497 e. The molecule has 6 rings (SSSR count). The lowest BCUT2D eigenvalue weighted by Gasteiger charge is -2.24. The van der Waals surface area contributed by atoms with Gasteiger partial charge in [0, 0.05) is 41.5 Å². The summed E-state index contributed by atoms with van der Waals surface area (Å²) in [7, 11) is 1.65. The number of ether oxygens (including phenoxy) is 3. The van der Waals surface area contributed by atoms with Crippen LogP contribution in [0.4, 0.5) is 0 Å². The second-order valence-corrected chi connectivity index (χ2v) is 13.4. The van der Waals surface area contributed by atoms with Crippen LogP contribution in [-0.4, -0.2) is 34.7 Å². The smallest absolute Gasteiger partial charge is 0.338 e. The molecule has 260 valence electrons. The van der Waals surface area contributed by atoms with E-state index in [-0.39, 0.29) is 12.6 Å².